The molecule has 2 N–H and O–H groups in total. The number of rotatable bonds is 7. The number of aliphatic hydroxyl groups is 1. The molecule has 0 aliphatic carbocycles. The molecule has 1 amide bonds. The fraction of sp³-hybridized carbons (Fsp3) is 0.143. The molecule has 1 fully saturated rings. The maximum atomic E-state index is 13.2. The minimum absolute atomic E-state index is 0.0503. The van der Waals surface area contributed by atoms with Gasteiger partial charge in [-0.05, 0) is 47.9 Å². The first-order chi connectivity index (χ1) is 17.9. The lowest BCUT2D eigenvalue weighted by Crippen LogP contribution is -2.31. The molecule has 0 spiro atoms. The minimum Gasteiger partial charge on any atom is -0.507 e. The normalized spacial score (nSPS) is 16.9. The number of nitrogens with one attached hydrogen (secondary N) is 1. The Balaban J connectivity index is 1.53. The number of H-pyrrole nitrogens is 1. The molecule has 9 heteroatoms. The number of nitro groups is 1. The van der Waals surface area contributed by atoms with E-state index in [1.165, 1.54) is 29.2 Å². The Bertz CT molecular complexity index is 1540. The van der Waals surface area contributed by atoms with Gasteiger partial charge in [0.1, 0.15) is 11.5 Å². The van der Waals surface area contributed by atoms with Crippen molar-refractivity contribution in [3.05, 3.63) is 111 Å². The van der Waals surface area contributed by atoms with Gasteiger partial charge >= 0.3 is 0 Å². The van der Waals surface area contributed by atoms with Crippen LogP contribution in [0, 0.1) is 10.1 Å². The predicted molar refractivity (Wildman–Crippen MR) is 137 cm³/mol. The van der Waals surface area contributed by atoms with Crippen molar-refractivity contribution in [2.75, 3.05) is 13.7 Å². The Kier molecular flexibility index (Phi) is 6.19. The van der Waals surface area contributed by atoms with Gasteiger partial charge in [0.25, 0.3) is 17.4 Å². The van der Waals surface area contributed by atoms with Crippen LogP contribution in [0.15, 0.2) is 84.6 Å². The number of methoxy groups -OCH3 is 1. The van der Waals surface area contributed by atoms with E-state index in [1.807, 2.05) is 30.5 Å². The Morgan fingerprint density at radius 1 is 1.08 bits per heavy atom. The molecule has 1 saturated heterocycles. The van der Waals surface area contributed by atoms with Gasteiger partial charge in [-0.25, -0.2) is 0 Å². The van der Waals surface area contributed by atoms with Crippen molar-refractivity contribution in [1.82, 2.24) is 9.88 Å². The van der Waals surface area contributed by atoms with E-state index in [2.05, 4.69) is 4.98 Å². The first kappa shape index (κ1) is 23.8. The van der Waals surface area contributed by atoms with Crippen molar-refractivity contribution in [2.24, 2.45) is 0 Å². The number of likely N-dealkylation sites (tertiary alicyclic amines) is 1. The standard InChI is InChI=1S/C28H23N3O6/c1-37-21-11-12-23-22(15-21)19(16-29-23)13-14-30-25(17-5-3-2-4-6-17)24(27(33)28(30)34)26(32)18-7-9-20(10-8-18)31(35)36/h2-12,15-16,25,29,32H,13-14H2,1H3/t25-/m1/s1. The molecule has 4 aromatic rings. The summed E-state index contributed by atoms with van der Waals surface area (Å²) in [6, 6.07) is 19.1. The maximum Gasteiger partial charge on any atom is 0.295 e. The van der Waals surface area contributed by atoms with Crippen molar-refractivity contribution in [2.45, 2.75) is 12.5 Å². The van der Waals surface area contributed by atoms with Crippen molar-refractivity contribution in [3.8, 4) is 5.75 Å². The maximum absolute atomic E-state index is 13.2. The highest BCUT2D eigenvalue weighted by Crippen LogP contribution is 2.39. The number of hydrogen-bond acceptors (Lipinski definition) is 6. The predicted octanol–water partition coefficient (Wildman–Crippen LogP) is 4.75. The summed E-state index contributed by atoms with van der Waals surface area (Å²) in [4.78, 5) is 41.6. The second-order valence-corrected chi connectivity index (χ2v) is 8.68. The van der Waals surface area contributed by atoms with Crippen LogP contribution in [-0.2, 0) is 16.0 Å². The zero-order valence-electron chi connectivity index (χ0n) is 19.9. The van der Waals surface area contributed by atoms with E-state index in [-0.39, 0.29) is 29.1 Å². The number of carbonyl (C=O) groups excluding carboxylic acids is 2. The van der Waals surface area contributed by atoms with Crippen molar-refractivity contribution in [3.63, 3.8) is 0 Å². The van der Waals surface area contributed by atoms with Crippen LogP contribution in [0.1, 0.15) is 22.7 Å². The van der Waals surface area contributed by atoms with Gasteiger partial charge in [-0.3, -0.25) is 19.7 Å². The molecule has 1 aliphatic heterocycles. The third-order valence-corrected chi connectivity index (χ3v) is 6.60. The van der Waals surface area contributed by atoms with E-state index in [0.29, 0.717) is 17.7 Å². The van der Waals surface area contributed by atoms with Crippen molar-refractivity contribution < 1.29 is 24.4 Å². The lowest BCUT2D eigenvalue weighted by molar-refractivity contribution is -0.384. The smallest absolute Gasteiger partial charge is 0.295 e. The Labute approximate surface area is 211 Å². The van der Waals surface area contributed by atoms with Crippen LogP contribution >= 0.6 is 0 Å². The van der Waals surface area contributed by atoms with Crippen LogP contribution in [0.25, 0.3) is 16.7 Å². The monoisotopic (exact) mass is 497 g/mol. The van der Waals surface area contributed by atoms with E-state index < -0.39 is 22.7 Å². The van der Waals surface area contributed by atoms with E-state index in [9.17, 15) is 24.8 Å². The molecular weight excluding hydrogens is 474 g/mol. The molecular formula is C28H23N3O6. The number of carbonyl (C=O) groups is 2. The summed E-state index contributed by atoms with van der Waals surface area (Å²) in [5, 5.41) is 23.1. The van der Waals surface area contributed by atoms with E-state index in [4.69, 9.17) is 4.74 Å². The van der Waals surface area contributed by atoms with E-state index in [1.54, 1.807) is 31.4 Å². The van der Waals surface area contributed by atoms with Gasteiger partial charge in [0, 0.05) is 41.3 Å². The SMILES string of the molecule is COc1ccc2[nH]cc(CCN3C(=O)C(=O)C(=C(O)c4ccc([N+](=O)[O-])cc4)[C@H]3c3ccccc3)c2c1. The number of aliphatic hydroxyl groups excluding tert-OH is 1. The molecule has 0 unspecified atom stereocenters. The lowest BCUT2D eigenvalue weighted by atomic mass is 9.95. The van der Waals surface area contributed by atoms with Gasteiger partial charge in [0.15, 0.2) is 0 Å². The highest BCUT2D eigenvalue weighted by Gasteiger charge is 2.45. The molecule has 5 rings (SSSR count). The number of nitrogens with zero attached hydrogens (tertiary/aromatic N) is 2. The highest BCUT2D eigenvalue weighted by atomic mass is 16.6. The van der Waals surface area contributed by atoms with E-state index in [0.717, 1.165) is 16.5 Å². The molecule has 1 aliphatic rings. The van der Waals surface area contributed by atoms with Crippen LogP contribution < -0.4 is 4.74 Å². The second-order valence-electron chi connectivity index (χ2n) is 8.68. The number of nitro benzene ring substituents is 1. The zero-order chi connectivity index (χ0) is 26.1. The van der Waals surface area contributed by atoms with Crippen molar-refractivity contribution in [1.29, 1.82) is 0 Å². The third-order valence-electron chi connectivity index (χ3n) is 6.60. The Morgan fingerprint density at radius 3 is 2.49 bits per heavy atom. The number of aromatic nitrogens is 1. The second kappa shape index (κ2) is 9.62. The highest BCUT2D eigenvalue weighted by molar-refractivity contribution is 6.46. The summed E-state index contributed by atoms with van der Waals surface area (Å²) >= 11 is 0. The van der Waals surface area contributed by atoms with Crippen LogP contribution in [0.4, 0.5) is 5.69 Å². The largest absolute Gasteiger partial charge is 0.507 e. The van der Waals surface area contributed by atoms with Crippen LogP contribution in [0.2, 0.25) is 0 Å². The summed E-state index contributed by atoms with van der Waals surface area (Å²) in [5.74, 6) is -1.18. The molecule has 0 bridgehead atoms. The molecule has 0 saturated carbocycles. The first-order valence-corrected chi connectivity index (χ1v) is 11.6. The molecule has 3 aromatic carbocycles. The molecule has 37 heavy (non-hydrogen) atoms. The fourth-order valence-electron chi connectivity index (χ4n) is 4.72. The number of non-ortho nitro benzene ring substituents is 1. The summed E-state index contributed by atoms with van der Waals surface area (Å²) in [6.07, 6.45) is 2.33. The van der Waals surface area contributed by atoms with Crippen LogP contribution in [0.3, 0.4) is 0 Å². The number of benzene rings is 3. The number of ketones is 1. The van der Waals surface area contributed by atoms with E-state index >= 15 is 0 Å². The number of aromatic amines is 1. The van der Waals surface area contributed by atoms with Gasteiger partial charge in [0.2, 0.25) is 0 Å². The molecule has 186 valence electrons. The van der Waals surface area contributed by atoms with Gasteiger partial charge < -0.3 is 19.7 Å². The summed E-state index contributed by atoms with van der Waals surface area (Å²) in [7, 11) is 1.59. The van der Waals surface area contributed by atoms with Gasteiger partial charge in [-0.1, -0.05) is 30.3 Å². The summed E-state index contributed by atoms with van der Waals surface area (Å²) in [6.45, 7) is 0.228. The molecule has 2 heterocycles. The Morgan fingerprint density at radius 2 is 1.81 bits per heavy atom. The molecule has 1 atom stereocenters. The minimum atomic E-state index is -0.809. The summed E-state index contributed by atoms with van der Waals surface area (Å²) < 4.78 is 5.34. The number of fused-ring (bicyclic) bond motifs is 1. The average molecular weight is 498 g/mol. The quantitative estimate of drug-likeness (QED) is 0.125. The molecule has 9 nitrogen and oxygen atoms in total. The van der Waals surface area contributed by atoms with Gasteiger partial charge in [-0.15, -0.1) is 0 Å². The fourth-order valence-corrected chi connectivity index (χ4v) is 4.72. The van der Waals surface area contributed by atoms with Gasteiger partial charge in [0.05, 0.1) is 23.6 Å². The third kappa shape index (κ3) is 4.31. The van der Waals surface area contributed by atoms with Crippen LogP contribution in [0.5, 0.6) is 5.75 Å². The average Bonchev–Trinajstić information content (AvgIpc) is 3.44. The van der Waals surface area contributed by atoms with Crippen molar-refractivity contribution >= 4 is 34.0 Å². The number of ether oxygens (including phenoxy) is 1. The Hall–Kier alpha value is -4.92. The number of amides is 1. The van der Waals surface area contributed by atoms with Crippen LogP contribution in [-0.4, -0.2) is 45.3 Å². The molecule has 1 aromatic heterocycles. The number of hydrogen-bond donors (Lipinski definition) is 2. The number of Topliss-reactive ketones (excluding diaryl/α,β-unsaturated/α-hetero) is 1. The summed E-state index contributed by atoms with van der Waals surface area (Å²) in [5.41, 5.74) is 2.57. The topological polar surface area (TPSA) is 126 Å². The first-order valence-electron chi connectivity index (χ1n) is 11.6. The van der Waals surface area contributed by atoms with Gasteiger partial charge in [-0.2, -0.15) is 0 Å². The zero-order valence-corrected chi connectivity index (χ0v) is 19.9. The lowest BCUT2D eigenvalue weighted by Gasteiger charge is -2.25. The molecule has 0 radical (unpaired) electrons.